The number of carbonyl (C=O) groups is 1. The molecule has 0 saturated heterocycles. The summed E-state index contributed by atoms with van der Waals surface area (Å²) in [5.41, 5.74) is 2.66. The van der Waals surface area contributed by atoms with Gasteiger partial charge in [-0.1, -0.05) is 18.2 Å². The van der Waals surface area contributed by atoms with Crippen molar-refractivity contribution in [2.24, 2.45) is 0 Å². The van der Waals surface area contributed by atoms with Gasteiger partial charge in [-0.3, -0.25) is 5.32 Å². The molecule has 1 aliphatic carbocycles. The van der Waals surface area contributed by atoms with E-state index < -0.39 is 5.54 Å². The molecule has 0 amide bonds. The third-order valence-electron chi connectivity index (χ3n) is 3.75. The Morgan fingerprint density at radius 2 is 2.00 bits per heavy atom. The molecule has 1 fully saturated rings. The van der Waals surface area contributed by atoms with Crippen LogP contribution in [0.4, 0.5) is 0 Å². The molecule has 3 nitrogen and oxygen atoms in total. The van der Waals surface area contributed by atoms with Gasteiger partial charge >= 0.3 is 5.97 Å². The maximum Gasteiger partial charge on any atom is 0.330 e. The van der Waals surface area contributed by atoms with Crippen molar-refractivity contribution in [2.45, 2.75) is 45.2 Å². The molecule has 1 aromatic rings. The standard InChI is InChI=1S/C15H21NO2/c1-10-5-6-12(9-11(10)2)15(3,14(17)18-4)16-13-7-8-13/h5-6,9,13,16H,7-8H2,1-4H3. The quantitative estimate of drug-likeness (QED) is 0.831. The highest BCUT2D eigenvalue weighted by molar-refractivity contribution is 5.82. The molecule has 0 bridgehead atoms. The van der Waals surface area contributed by atoms with Crippen LogP contribution in [0, 0.1) is 13.8 Å². The van der Waals surface area contributed by atoms with Crippen molar-refractivity contribution in [3.05, 3.63) is 34.9 Å². The second-order valence-corrected chi connectivity index (χ2v) is 5.33. The van der Waals surface area contributed by atoms with Gasteiger partial charge in [0.15, 0.2) is 0 Å². The zero-order valence-electron chi connectivity index (χ0n) is 11.5. The topological polar surface area (TPSA) is 38.3 Å². The van der Waals surface area contributed by atoms with Gasteiger partial charge in [0.05, 0.1) is 7.11 Å². The average Bonchev–Trinajstić information content (AvgIpc) is 3.15. The first-order chi connectivity index (χ1) is 8.47. The summed E-state index contributed by atoms with van der Waals surface area (Å²) in [6, 6.07) is 6.58. The molecule has 1 unspecified atom stereocenters. The van der Waals surface area contributed by atoms with Gasteiger partial charge < -0.3 is 4.74 Å². The van der Waals surface area contributed by atoms with Crippen molar-refractivity contribution in [1.82, 2.24) is 5.32 Å². The molecule has 1 saturated carbocycles. The van der Waals surface area contributed by atoms with Crippen LogP contribution in [0.25, 0.3) is 0 Å². The fraction of sp³-hybridized carbons (Fsp3) is 0.533. The smallest absolute Gasteiger partial charge is 0.330 e. The molecule has 0 aliphatic heterocycles. The maximum absolute atomic E-state index is 12.1. The Balaban J connectivity index is 2.37. The molecule has 1 aromatic carbocycles. The van der Waals surface area contributed by atoms with Crippen LogP contribution in [0.5, 0.6) is 0 Å². The fourth-order valence-corrected chi connectivity index (χ4v) is 2.15. The van der Waals surface area contributed by atoms with Crippen LogP contribution in [-0.4, -0.2) is 19.1 Å². The van der Waals surface area contributed by atoms with Crippen LogP contribution in [0.15, 0.2) is 18.2 Å². The molecule has 98 valence electrons. The highest BCUT2D eigenvalue weighted by atomic mass is 16.5. The van der Waals surface area contributed by atoms with Gasteiger partial charge in [-0.25, -0.2) is 4.79 Å². The number of ether oxygens (including phenoxy) is 1. The molecule has 1 aliphatic rings. The average molecular weight is 247 g/mol. The zero-order valence-corrected chi connectivity index (χ0v) is 11.5. The van der Waals surface area contributed by atoms with Gasteiger partial charge in [-0.15, -0.1) is 0 Å². The molecule has 1 N–H and O–H groups in total. The Bertz CT molecular complexity index is 466. The van der Waals surface area contributed by atoms with E-state index in [0.717, 1.165) is 18.4 Å². The minimum Gasteiger partial charge on any atom is -0.467 e. The lowest BCUT2D eigenvalue weighted by atomic mass is 9.89. The molecule has 0 spiro atoms. The van der Waals surface area contributed by atoms with Crippen molar-refractivity contribution < 1.29 is 9.53 Å². The van der Waals surface area contributed by atoms with Crippen LogP contribution in [0.3, 0.4) is 0 Å². The Labute approximate surface area is 109 Å². The number of nitrogens with one attached hydrogen (secondary N) is 1. The number of rotatable bonds is 4. The molecular weight excluding hydrogens is 226 g/mol. The van der Waals surface area contributed by atoms with Crippen LogP contribution in [0.2, 0.25) is 0 Å². The van der Waals surface area contributed by atoms with Gasteiger partial charge in [0.1, 0.15) is 5.54 Å². The predicted octanol–water partition coefficient (Wildman–Crippen LogP) is 2.44. The van der Waals surface area contributed by atoms with Gasteiger partial charge in [0.25, 0.3) is 0 Å². The van der Waals surface area contributed by atoms with Crippen LogP contribution in [0.1, 0.15) is 36.5 Å². The first-order valence-electron chi connectivity index (χ1n) is 6.41. The molecule has 0 radical (unpaired) electrons. The Kier molecular flexibility index (Phi) is 3.44. The summed E-state index contributed by atoms with van der Waals surface area (Å²) in [7, 11) is 1.44. The second kappa shape index (κ2) is 4.73. The van der Waals surface area contributed by atoms with E-state index in [-0.39, 0.29) is 5.97 Å². The summed E-state index contributed by atoms with van der Waals surface area (Å²) in [6.07, 6.45) is 2.27. The van der Waals surface area contributed by atoms with E-state index in [1.165, 1.54) is 18.2 Å². The second-order valence-electron chi connectivity index (χ2n) is 5.33. The van der Waals surface area contributed by atoms with Crippen LogP contribution in [-0.2, 0) is 15.1 Å². The van der Waals surface area contributed by atoms with Crippen LogP contribution >= 0.6 is 0 Å². The SMILES string of the molecule is COC(=O)C(C)(NC1CC1)c1ccc(C)c(C)c1. The Hall–Kier alpha value is -1.35. The Morgan fingerprint density at radius 3 is 2.50 bits per heavy atom. The summed E-state index contributed by atoms with van der Waals surface area (Å²) in [4.78, 5) is 12.1. The molecular formula is C15H21NO2. The monoisotopic (exact) mass is 247 g/mol. The number of hydrogen-bond acceptors (Lipinski definition) is 3. The van der Waals surface area contributed by atoms with Crippen molar-refractivity contribution in [3.8, 4) is 0 Å². The highest BCUT2D eigenvalue weighted by Crippen LogP contribution is 2.30. The van der Waals surface area contributed by atoms with Gasteiger partial charge in [-0.2, -0.15) is 0 Å². The molecule has 18 heavy (non-hydrogen) atoms. The van der Waals surface area contributed by atoms with Gasteiger partial charge in [0, 0.05) is 6.04 Å². The number of carbonyl (C=O) groups excluding carboxylic acids is 1. The summed E-state index contributed by atoms with van der Waals surface area (Å²) in [6.45, 7) is 6.04. The largest absolute Gasteiger partial charge is 0.467 e. The zero-order chi connectivity index (χ0) is 13.3. The van der Waals surface area contributed by atoms with E-state index in [0.29, 0.717) is 6.04 Å². The minimum atomic E-state index is -0.742. The van der Waals surface area contributed by atoms with Crippen molar-refractivity contribution in [2.75, 3.05) is 7.11 Å². The number of methoxy groups -OCH3 is 1. The van der Waals surface area contributed by atoms with E-state index >= 15 is 0 Å². The third kappa shape index (κ3) is 2.41. The van der Waals surface area contributed by atoms with Gasteiger partial charge in [-0.05, 0) is 50.3 Å². The number of aryl methyl sites for hydroxylation is 2. The van der Waals surface area contributed by atoms with E-state index in [2.05, 4.69) is 31.3 Å². The number of esters is 1. The molecule has 0 heterocycles. The number of benzene rings is 1. The fourth-order valence-electron chi connectivity index (χ4n) is 2.15. The lowest BCUT2D eigenvalue weighted by Crippen LogP contribution is -2.48. The van der Waals surface area contributed by atoms with Gasteiger partial charge in [0.2, 0.25) is 0 Å². The van der Waals surface area contributed by atoms with Crippen molar-refractivity contribution >= 4 is 5.97 Å². The molecule has 2 rings (SSSR count). The van der Waals surface area contributed by atoms with E-state index in [1.54, 1.807) is 0 Å². The highest BCUT2D eigenvalue weighted by Gasteiger charge is 2.40. The van der Waals surface area contributed by atoms with E-state index in [4.69, 9.17) is 4.74 Å². The maximum atomic E-state index is 12.1. The van der Waals surface area contributed by atoms with E-state index in [9.17, 15) is 4.79 Å². The number of hydrogen-bond donors (Lipinski definition) is 1. The lowest BCUT2D eigenvalue weighted by molar-refractivity contribution is -0.148. The minimum absolute atomic E-state index is 0.224. The third-order valence-corrected chi connectivity index (χ3v) is 3.75. The summed E-state index contributed by atoms with van der Waals surface area (Å²) < 4.78 is 4.97. The molecule has 0 aromatic heterocycles. The summed E-state index contributed by atoms with van der Waals surface area (Å²) in [5.74, 6) is -0.224. The van der Waals surface area contributed by atoms with Crippen molar-refractivity contribution in [1.29, 1.82) is 0 Å². The van der Waals surface area contributed by atoms with E-state index in [1.807, 2.05) is 13.0 Å². The predicted molar refractivity (Wildman–Crippen MR) is 71.4 cm³/mol. The molecule has 1 atom stereocenters. The normalized spacial score (nSPS) is 18.2. The lowest BCUT2D eigenvalue weighted by Gasteiger charge is -2.29. The van der Waals surface area contributed by atoms with Crippen LogP contribution < -0.4 is 5.32 Å². The Morgan fingerprint density at radius 1 is 1.33 bits per heavy atom. The molecule has 3 heteroatoms. The van der Waals surface area contributed by atoms with Crippen molar-refractivity contribution in [3.63, 3.8) is 0 Å². The first kappa shape index (κ1) is 13.1. The summed E-state index contributed by atoms with van der Waals surface area (Å²) in [5, 5.41) is 3.41. The first-order valence-corrected chi connectivity index (χ1v) is 6.41. The summed E-state index contributed by atoms with van der Waals surface area (Å²) >= 11 is 0.